The van der Waals surface area contributed by atoms with Gasteiger partial charge in [0.2, 0.25) is 0 Å². The first kappa shape index (κ1) is 19.2. The lowest BCUT2D eigenvalue weighted by Gasteiger charge is -2.14. The number of hydrogen-bond donors (Lipinski definition) is 1. The summed E-state index contributed by atoms with van der Waals surface area (Å²) < 4.78 is 10.6. The quantitative estimate of drug-likeness (QED) is 0.521. The molecule has 0 spiro atoms. The average Bonchev–Trinajstić information content (AvgIpc) is 2.71. The maximum absolute atomic E-state index is 10.1. The zero-order valence-electron chi connectivity index (χ0n) is 16.2. The highest BCUT2D eigenvalue weighted by atomic mass is 16.5. The summed E-state index contributed by atoms with van der Waals surface area (Å²) in [5, 5.41) is 16.2. The number of nitrogens with zero attached hydrogens (tertiary/aromatic N) is 4. The minimum Gasteiger partial charge on any atom is -0.507 e. The number of hydrogen-bond acceptors (Lipinski definition) is 7. The smallest absolute Gasteiger partial charge is 0.165 e. The predicted octanol–water partition coefficient (Wildman–Crippen LogP) is 3.65. The van der Waals surface area contributed by atoms with E-state index in [0.29, 0.717) is 28.7 Å². The molecule has 2 aromatic carbocycles. The average molecular weight is 378 g/mol. The molecule has 1 aromatic heterocycles. The lowest BCUT2D eigenvalue weighted by molar-refractivity contribution is 0.355. The van der Waals surface area contributed by atoms with Crippen LogP contribution in [-0.2, 0) is 0 Å². The molecule has 144 valence electrons. The van der Waals surface area contributed by atoms with E-state index in [9.17, 15) is 5.11 Å². The van der Waals surface area contributed by atoms with Gasteiger partial charge in [0.15, 0.2) is 23.1 Å². The van der Waals surface area contributed by atoms with Gasteiger partial charge in [0.25, 0.3) is 0 Å². The van der Waals surface area contributed by atoms with Gasteiger partial charge in [-0.05, 0) is 42.8 Å². The Labute approximate surface area is 163 Å². The van der Waals surface area contributed by atoms with Crippen LogP contribution < -0.4 is 14.5 Å². The van der Waals surface area contributed by atoms with Crippen LogP contribution in [0.15, 0.2) is 53.6 Å². The van der Waals surface area contributed by atoms with Crippen LogP contribution in [0.4, 0.5) is 5.82 Å². The highest BCUT2D eigenvalue weighted by Gasteiger charge is 2.11. The van der Waals surface area contributed by atoms with E-state index in [2.05, 4.69) is 15.1 Å². The molecule has 0 fully saturated rings. The summed E-state index contributed by atoms with van der Waals surface area (Å²) in [6, 6.07) is 14.4. The van der Waals surface area contributed by atoms with Crippen molar-refractivity contribution >= 4 is 12.0 Å². The van der Waals surface area contributed by atoms with Crippen LogP contribution in [0.25, 0.3) is 11.4 Å². The number of benzene rings is 2. The molecule has 0 bridgehead atoms. The van der Waals surface area contributed by atoms with E-state index >= 15 is 0 Å². The van der Waals surface area contributed by atoms with Crippen LogP contribution in [0, 0.1) is 6.92 Å². The number of para-hydroxylation sites is 1. The summed E-state index contributed by atoms with van der Waals surface area (Å²) in [4.78, 5) is 8.96. The topological polar surface area (TPSA) is 80.1 Å². The Kier molecular flexibility index (Phi) is 5.74. The molecule has 0 atom stereocenters. The second-order valence-electron chi connectivity index (χ2n) is 6.09. The van der Waals surface area contributed by atoms with E-state index in [4.69, 9.17) is 9.47 Å². The molecule has 0 saturated heterocycles. The van der Waals surface area contributed by atoms with Gasteiger partial charge in [-0.1, -0.05) is 12.1 Å². The fourth-order valence-corrected chi connectivity index (χ4v) is 2.65. The Bertz CT molecular complexity index is 1000. The Morgan fingerprint density at radius 1 is 1.00 bits per heavy atom. The van der Waals surface area contributed by atoms with Crippen molar-refractivity contribution in [1.29, 1.82) is 0 Å². The molecule has 0 radical (unpaired) electrons. The zero-order valence-corrected chi connectivity index (χ0v) is 16.2. The molecule has 1 heterocycles. The molecule has 0 unspecified atom stereocenters. The highest BCUT2D eigenvalue weighted by Crippen LogP contribution is 2.28. The van der Waals surface area contributed by atoms with Crippen molar-refractivity contribution in [3.63, 3.8) is 0 Å². The third-order valence-corrected chi connectivity index (χ3v) is 4.10. The van der Waals surface area contributed by atoms with Crippen molar-refractivity contribution in [3.05, 3.63) is 59.8 Å². The van der Waals surface area contributed by atoms with Crippen molar-refractivity contribution in [1.82, 2.24) is 9.97 Å². The number of phenolic OH excluding ortho intramolecular Hbond substituents is 1. The number of aryl methyl sites for hydroxylation is 1. The number of rotatable bonds is 6. The summed E-state index contributed by atoms with van der Waals surface area (Å²) in [5.74, 6) is 2.49. The second-order valence-corrected chi connectivity index (χ2v) is 6.09. The summed E-state index contributed by atoms with van der Waals surface area (Å²) in [6.07, 6.45) is 1.71. The van der Waals surface area contributed by atoms with Crippen molar-refractivity contribution in [2.45, 2.75) is 6.92 Å². The van der Waals surface area contributed by atoms with Crippen LogP contribution in [-0.4, -0.2) is 42.6 Å². The van der Waals surface area contributed by atoms with Gasteiger partial charge in [-0.2, -0.15) is 5.10 Å². The number of ether oxygens (including phenoxy) is 2. The maximum Gasteiger partial charge on any atom is 0.165 e. The molecule has 0 saturated carbocycles. The Morgan fingerprint density at radius 2 is 1.75 bits per heavy atom. The first-order valence-corrected chi connectivity index (χ1v) is 8.65. The van der Waals surface area contributed by atoms with Gasteiger partial charge in [-0.15, -0.1) is 0 Å². The van der Waals surface area contributed by atoms with Crippen molar-refractivity contribution < 1.29 is 14.6 Å². The molecule has 0 aliphatic rings. The van der Waals surface area contributed by atoms with Crippen LogP contribution in [0.1, 0.15) is 11.3 Å². The number of aromatic nitrogens is 2. The number of phenols is 1. The van der Waals surface area contributed by atoms with Crippen molar-refractivity contribution in [2.24, 2.45) is 5.10 Å². The van der Waals surface area contributed by atoms with E-state index in [1.54, 1.807) is 50.7 Å². The maximum atomic E-state index is 10.1. The normalized spacial score (nSPS) is 10.9. The Hall–Kier alpha value is -3.61. The molecule has 0 aliphatic heterocycles. The van der Waals surface area contributed by atoms with Crippen molar-refractivity contribution in [3.8, 4) is 28.6 Å². The lowest BCUT2D eigenvalue weighted by atomic mass is 10.2. The Morgan fingerprint density at radius 3 is 2.46 bits per heavy atom. The fourth-order valence-electron chi connectivity index (χ4n) is 2.65. The first-order chi connectivity index (χ1) is 13.5. The van der Waals surface area contributed by atoms with E-state index in [0.717, 1.165) is 11.3 Å². The molecule has 3 rings (SSSR count). The summed E-state index contributed by atoms with van der Waals surface area (Å²) in [6.45, 7) is 1.88. The van der Waals surface area contributed by atoms with Crippen molar-refractivity contribution in [2.75, 3.05) is 26.3 Å². The first-order valence-electron chi connectivity index (χ1n) is 8.65. The standard InChI is InChI=1S/C21H22N4O3/c1-14-11-20(24-21(23-14)16-7-5-6-8-17(16)26)25(2)22-13-15-9-10-18(27-3)19(12-15)28-4/h5-13,26H,1-4H3/b22-13+. The Balaban J connectivity index is 1.88. The monoisotopic (exact) mass is 378 g/mol. The number of anilines is 1. The van der Waals surface area contributed by atoms with E-state index in [1.807, 2.05) is 37.3 Å². The second kappa shape index (κ2) is 8.39. The highest BCUT2D eigenvalue weighted by molar-refractivity contribution is 5.81. The third kappa shape index (κ3) is 4.20. The predicted molar refractivity (Wildman–Crippen MR) is 109 cm³/mol. The van der Waals surface area contributed by atoms with Crippen LogP contribution >= 0.6 is 0 Å². The molecule has 7 nitrogen and oxygen atoms in total. The van der Waals surface area contributed by atoms with Crippen LogP contribution in [0.2, 0.25) is 0 Å². The molecular weight excluding hydrogens is 356 g/mol. The summed E-state index contributed by atoms with van der Waals surface area (Å²) in [7, 11) is 4.99. The fraction of sp³-hybridized carbons (Fsp3) is 0.190. The third-order valence-electron chi connectivity index (χ3n) is 4.10. The van der Waals surface area contributed by atoms with Gasteiger partial charge < -0.3 is 14.6 Å². The summed E-state index contributed by atoms with van der Waals surface area (Å²) >= 11 is 0. The molecule has 0 amide bonds. The van der Waals surface area contributed by atoms with E-state index in [1.165, 1.54) is 0 Å². The lowest BCUT2D eigenvalue weighted by Crippen LogP contribution is -2.12. The van der Waals surface area contributed by atoms with Gasteiger partial charge in [0.05, 0.1) is 26.0 Å². The van der Waals surface area contributed by atoms with Gasteiger partial charge in [0.1, 0.15) is 5.75 Å². The summed E-state index contributed by atoms with van der Waals surface area (Å²) in [5.41, 5.74) is 2.21. The molecule has 1 N–H and O–H groups in total. The zero-order chi connectivity index (χ0) is 20.1. The number of methoxy groups -OCH3 is 2. The molecule has 7 heteroatoms. The molecule has 28 heavy (non-hydrogen) atoms. The minimum atomic E-state index is 0.135. The van der Waals surface area contributed by atoms with Gasteiger partial charge in [0, 0.05) is 18.8 Å². The molecule has 0 aliphatic carbocycles. The molecule has 3 aromatic rings. The number of hydrazone groups is 1. The van der Waals surface area contributed by atoms with Crippen LogP contribution in [0.3, 0.4) is 0 Å². The largest absolute Gasteiger partial charge is 0.507 e. The van der Waals surface area contributed by atoms with E-state index in [-0.39, 0.29) is 5.75 Å². The van der Waals surface area contributed by atoms with Gasteiger partial charge in [-0.25, -0.2) is 9.97 Å². The van der Waals surface area contributed by atoms with Crippen LogP contribution in [0.5, 0.6) is 17.2 Å². The van der Waals surface area contributed by atoms with Gasteiger partial charge in [-0.3, -0.25) is 5.01 Å². The minimum absolute atomic E-state index is 0.135. The molecular formula is C21H22N4O3. The SMILES string of the molecule is COc1ccc(/C=N/N(C)c2cc(C)nc(-c3ccccc3O)n2)cc1OC. The van der Waals surface area contributed by atoms with Gasteiger partial charge >= 0.3 is 0 Å². The number of aromatic hydroxyl groups is 1. The van der Waals surface area contributed by atoms with E-state index < -0.39 is 0 Å².